The second kappa shape index (κ2) is 15.9. The summed E-state index contributed by atoms with van der Waals surface area (Å²) in [5.74, 6) is -1.55. The molecular weight excluding hydrogens is 513 g/mol. The average Bonchev–Trinajstić information content (AvgIpc) is 2.97. The summed E-state index contributed by atoms with van der Waals surface area (Å²) < 4.78 is 23.6. The number of carbonyl (C=O) groups is 2. The molecule has 39 heavy (non-hydrogen) atoms. The highest BCUT2D eigenvalue weighted by Crippen LogP contribution is 2.49. The van der Waals surface area contributed by atoms with Crippen molar-refractivity contribution in [1.82, 2.24) is 5.32 Å². The third-order valence-corrected chi connectivity index (χ3v) is 9.02. The zero-order valence-corrected chi connectivity index (χ0v) is 23.3. The minimum absolute atomic E-state index is 0.00268. The van der Waals surface area contributed by atoms with Crippen LogP contribution in [0.1, 0.15) is 54.7 Å². The largest absolute Gasteiger partial charge is 0.469 e. The van der Waals surface area contributed by atoms with E-state index in [1.54, 1.807) is 0 Å². The summed E-state index contributed by atoms with van der Waals surface area (Å²) in [4.78, 5) is 35.5. The third-order valence-electron chi connectivity index (χ3n) is 6.76. The lowest BCUT2D eigenvalue weighted by atomic mass is 9.90. The SMILES string of the molecule is COC(=O)CCC(NC(=O)OCc1ccccc1)P(=O)(O)CCC(CCCc1ccccc1)c1ccccc1. The van der Waals surface area contributed by atoms with Crippen LogP contribution < -0.4 is 5.32 Å². The van der Waals surface area contributed by atoms with Gasteiger partial charge in [-0.05, 0) is 54.7 Å². The first kappa shape index (κ1) is 30.1. The maximum Gasteiger partial charge on any atom is 0.408 e. The first-order chi connectivity index (χ1) is 18.9. The average molecular weight is 552 g/mol. The number of alkyl carbamates (subject to hydrolysis) is 1. The van der Waals surface area contributed by atoms with Gasteiger partial charge < -0.3 is 19.7 Å². The molecule has 0 saturated carbocycles. The lowest BCUT2D eigenvalue weighted by Crippen LogP contribution is -2.36. The van der Waals surface area contributed by atoms with E-state index in [1.807, 2.05) is 78.9 Å². The Kier molecular flexibility index (Phi) is 12.3. The Morgan fingerprint density at radius 3 is 2.05 bits per heavy atom. The predicted molar refractivity (Wildman–Crippen MR) is 153 cm³/mol. The van der Waals surface area contributed by atoms with Crippen molar-refractivity contribution in [2.45, 2.75) is 56.8 Å². The Morgan fingerprint density at radius 1 is 0.846 bits per heavy atom. The van der Waals surface area contributed by atoms with E-state index in [9.17, 15) is 19.0 Å². The van der Waals surface area contributed by atoms with Gasteiger partial charge in [0.2, 0.25) is 7.37 Å². The highest BCUT2D eigenvalue weighted by atomic mass is 31.2. The second-order valence-electron chi connectivity index (χ2n) is 9.59. The van der Waals surface area contributed by atoms with Crippen molar-refractivity contribution in [1.29, 1.82) is 0 Å². The monoisotopic (exact) mass is 551 g/mol. The summed E-state index contributed by atoms with van der Waals surface area (Å²) in [7, 11) is -2.64. The fourth-order valence-corrected chi connectivity index (χ4v) is 6.36. The molecule has 3 aromatic carbocycles. The molecule has 0 aliphatic carbocycles. The molecule has 208 valence electrons. The van der Waals surface area contributed by atoms with Crippen LogP contribution >= 0.6 is 7.37 Å². The van der Waals surface area contributed by atoms with Gasteiger partial charge in [0.1, 0.15) is 12.4 Å². The molecule has 0 saturated heterocycles. The summed E-state index contributed by atoms with van der Waals surface area (Å²) >= 11 is 0. The normalized spacial score (nSPS) is 14.0. The standard InChI is InChI=1S/C31H38NO6P/c1-37-30(33)21-20-29(32-31(34)38-24-26-14-7-3-8-15-26)39(35,36)23-22-28(27-17-9-4-10-18-27)19-11-16-25-12-5-2-6-13-25/h2-10,12-15,17-18,28-29H,11,16,19-24H2,1H3,(H,32,34)(H,35,36). The molecule has 3 aromatic rings. The Bertz CT molecular complexity index is 1190. The lowest BCUT2D eigenvalue weighted by Gasteiger charge is -2.26. The number of rotatable bonds is 15. The fraction of sp³-hybridized carbons (Fsp3) is 0.355. The van der Waals surface area contributed by atoms with Gasteiger partial charge in [-0.2, -0.15) is 0 Å². The maximum atomic E-state index is 13.6. The molecule has 0 bridgehead atoms. The molecule has 7 nitrogen and oxygen atoms in total. The highest BCUT2D eigenvalue weighted by molar-refractivity contribution is 7.58. The van der Waals surface area contributed by atoms with Crippen LogP contribution in [0.2, 0.25) is 0 Å². The van der Waals surface area contributed by atoms with Crippen molar-refractivity contribution in [3.63, 3.8) is 0 Å². The molecule has 0 aromatic heterocycles. The number of carbonyl (C=O) groups excluding carboxylic acids is 2. The van der Waals surface area contributed by atoms with Crippen LogP contribution in [0.5, 0.6) is 0 Å². The number of hydrogen-bond donors (Lipinski definition) is 2. The molecule has 2 N–H and O–H groups in total. The van der Waals surface area contributed by atoms with E-state index in [-0.39, 0.29) is 31.5 Å². The molecule has 3 unspecified atom stereocenters. The fourth-order valence-electron chi connectivity index (χ4n) is 4.53. The number of benzene rings is 3. The van der Waals surface area contributed by atoms with Crippen LogP contribution in [0.3, 0.4) is 0 Å². The van der Waals surface area contributed by atoms with Gasteiger partial charge in [-0.3, -0.25) is 9.36 Å². The molecule has 3 atom stereocenters. The van der Waals surface area contributed by atoms with Crippen LogP contribution in [0.25, 0.3) is 0 Å². The number of aryl methyl sites for hydroxylation is 1. The Balaban J connectivity index is 1.65. The number of methoxy groups -OCH3 is 1. The first-order valence-electron chi connectivity index (χ1n) is 13.3. The van der Waals surface area contributed by atoms with E-state index in [1.165, 1.54) is 12.7 Å². The lowest BCUT2D eigenvalue weighted by molar-refractivity contribution is -0.140. The number of ether oxygens (including phenoxy) is 2. The molecular formula is C31H38NO6P. The molecule has 8 heteroatoms. The zero-order chi connectivity index (χ0) is 27.9. The second-order valence-corrected chi connectivity index (χ2v) is 12.2. The Hall–Kier alpha value is -3.41. The number of hydrogen-bond acceptors (Lipinski definition) is 5. The molecule has 3 rings (SSSR count). The van der Waals surface area contributed by atoms with Crippen molar-refractivity contribution in [3.05, 3.63) is 108 Å². The minimum atomic E-state index is -3.90. The van der Waals surface area contributed by atoms with E-state index < -0.39 is 25.2 Å². The van der Waals surface area contributed by atoms with Crippen LogP contribution in [0.4, 0.5) is 4.79 Å². The van der Waals surface area contributed by atoms with E-state index in [2.05, 4.69) is 17.4 Å². The van der Waals surface area contributed by atoms with Crippen molar-refractivity contribution in [2.75, 3.05) is 13.3 Å². The number of nitrogens with one attached hydrogen (secondary N) is 1. The van der Waals surface area contributed by atoms with Gasteiger partial charge in [-0.1, -0.05) is 91.0 Å². The summed E-state index contributed by atoms with van der Waals surface area (Å²) in [6, 6.07) is 29.4. The van der Waals surface area contributed by atoms with Gasteiger partial charge in [0.05, 0.1) is 7.11 Å². The first-order valence-corrected chi connectivity index (χ1v) is 15.2. The molecule has 0 aliphatic rings. The minimum Gasteiger partial charge on any atom is -0.469 e. The highest BCUT2D eigenvalue weighted by Gasteiger charge is 2.34. The quantitative estimate of drug-likeness (QED) is 0.162. The summed E-state index contributed by atoms with van der Waals surface area (Å²) in [6.45, 7) is 0.0314. The van der Waals surface area contributed by atoms with Crippen molar-refractivity contribution < 1.29 is 28.5 Å². The van der Waals surface area contributed by atoms with Gasteiger partial charge in [0.25, 0.3) is 0 Å². The summed E-state index contributed by atoms with van der Waals surface area (Å²) in [6.07, 6.45) is 2.29. The van der Waals surface area contributed by atoms with Gasteiger partial charge >= 0.3 is 12.1 Å². The molecule has 0 radical (unpaired) electrons. The van der Waals surface area contributed by atoms with E-state index in [0.29, 0.717) is 6.42 Å². The van der Waals surface area contributed by atoms with Crippen LogP contribution in [-0.4, -0.2) is 36.0 Å². The number of amides is 1. The number of esters is 1. The maximum absolute atomic E-state index is 13.6. The van der Waals surface area contributed by atoms with Gasteiger partial charge in [-0.15, -0.1) is 0 Å². The smallest absolute Gasteiger partial charge is 0.408 e. The van der Waals surface area contributed by atoms with Gasteiger partial charge in [-0.25, -0.2) is 4.79 Å². The van der Waals surface area contributed by atoms with E-state index >= 15 is 0 Å². The van der Waals surface area contributed by atoms with Crippen molar-refractivity contribution >= 4 is 19.4 Å². The Morgan fingerprint density at radius 2 is 1.44 bits per heavy atom. The van der Waals surface area contributed by atoms with Crippen LogP contribution in [0.15, 0.2) is 91.0 Å². The summed E-state index contributed by atoms with van der Waals surface area (Å²) in [5, 5.41) is 2.55. The summed E-state index contributed by atoms with van der Waals surface area (Å²) in [5.41, 5.74) is 3.18. The van der Waals surface area contributed by atoms with Gasteiger partial charge in [0, 0.05) is 12.6 Å². The van der Waals surface area contributed by atoms with Gasteiger partial charge in [0.15, 0.2) is 0 Å². The topological polar surface area (TPSA) is 102 Å². The molecule has 0 fully saturated rings. The zero-order valence-electron chi connectivity index (χ0n) is 22.4. The van der Waals surface area contributed by atoms with Crippen LogP contribution in [-0.2, 0) is 31.9 Å². The van der Waals surface area contributed by atoms with Crippen molar-refractivity contribution in [2.24, 2.45) is 0 Å². The van der Waals surface area contributed by atoms with E-state index in [0.717, 1.165) is 30.4 Å². The molecule has 1 amide bonds. The molecule has 0 heterocycles. The predicted octanol–water partition coefficient (Wildman–Crippen LogP) is 6.66. The van der Waals surface area contributed by atoms with Crippen molar-refractivity contribution in [3.8, 4) is 0 Å². The Labute approximate surface area is 231 Å². The molecule has 0 aliphatic heterocycles. The third kappa shape index (κ3) is 10.7. The van der Waals surface area contributed by atoms with E-state index in [4.69, 9.17) is 9.47 Å². The van der Waals surface area contributed by atoms with Crippen LogP contribution in [0, 0.1) is 0 Å². The molecule has 0 spiro atoms.